The number of rotatable bonds is 7. The predicted octanol–water partition coefficient (Wildman–Crippen LogP) is 5.19. The molecule has 0 aromatic heterocycles. The molecule has 0 heterocycles. The van der Waals surface area contributed by atoms with Gasteiger partial charge in [-0.15, -0.1) is 0 Å². The molecule has 3 aromatic rings. The van der Waals surface area contributed by atoms with Crippen molar-refractivity contribution in [3.63, 3.8) is 0 Å². The fourth-order valence-corrected chi connectivity index (χ4v) is 2.84. The van der Waals surface area contributed by atoms with Gasteiger partial charge in [0.15, 0.2) is 0 Å². The molecule has 0 spiro atoms. The maximum atomic E-state index is 12.6. The highest BCUT2D eigenvalue weighted by Crippen LogP contribution is 2.27. The van der Waals surface area contributed by atoms with Crippen LogP contribution in [0.2, 0.25) is 5.02 Å². The van der Waals surface area contributed by atoms with E-state index in [0.717, 1.165) is 5.56 Å². The van der Waals surface area contributed by atoms with Gasteiger partial charge in [-0.3, -0.25) is 4.79 Å². The van der Waals surface area contributed by atoms with Crippen LogP contribution < -0.4 is 19.5 Å². The normalized spacial score (nSPS) is 10.2. The van der Waals surface area contributed by atoms with Gasteiger partial charge in [0.1, 0.15) is 23.9 Å². The van der Waals surface area contributed by atoms with Gasteiger partial charge in [-0.2, -0.15) is 0 Å². The van der Waals surface area contributed by atoms with E-state index in [-0.39, 0.29) is 12.5 Å². The Hall–Kier alpha value is -3.18. The molecule has 0 fully saturated rings. The first kappa shape index (κ1) is 19.6. The molecule has 3 aromatic carbocycles. The fourth-order valence-electron chi connectivity index (χ4n) is 2.65. The van der Waals surface area contributed by atoms with Crippen LogP contribution in [0, 0.1) is 0 Å². The summed E-state index contributed by atoms with van der Waals surface area (Å²) >= 11 is 6.13. The topological polar surface area (TPSA) is 56.8 Å². The van der Waals surface area contributed by atoms with Gasteiger partial charge in [-0.25, -0.2) is 0 Å². The highest BCUT2D eigenvalue weighted by molar-refractivity contribution is 6.32. The van der Waals surface area contributed by atoms with Gasteiger partial charge in [0.2, 0.25) is 0 Å². The van der Waals surface area contributed by atoms with Crippen molar-refractivity contribution in [2.24, 2.45) is 0 Å². The third-order valence-electron chi connectivity index (χ3n) is 4.09. The Balaban J connectivity index is 1.77. The van der Waals surface area contributed by atoms with Gasteiger partial charge < -0.3 is 19.5 Å². The number of hydrogen-bond donors (Lipinski definition) is 1. The summed E-state index contributed by atoms with van der Waals surface area (Å²) in [5, 5.41) is 3.38. The van der Waals surface area contributed by atoms with E-state index < -0.39 is 0 Å². The smallest absolute Gasteiger partial charge is 0.255 e. The summed E-state index contributed by atoms with van der Waals surface area (Å²) in [4.78, 5) is 12.6. The summed E-state index contributed by atoms with van der Waals surface area (Å²) in [6.45, 7) is 0.215. The van der Waals surface area contributed by atoms with Crippen LogP contribution in [-0.4, -0.2) is 20.1 Å². The van der Waals surface area contributed by atoms with E-state index in [9.17, 15) is 4.79 Å². The van der Waals surface area contributed by atoms with Crippen LogP contribution in [0.4, 0.5) is 5.69 Å². The molecule has 0 aliphatic heterocycles. The van der Waals surface area contributed by atoms with Crippen LogP contribution in [0.5, 0.6) is 17.2 Å². The summed E-state index contributed by atoms with van der Waals surface area (Å²) in [5.74, 6) is 1.62. The lowest BCUT2D eigenvalue weighted by atomic mass is 10.1. The van der Waals surface area contributed by atoms with Crippen molar-refractivity contribution in [1.82, 2.24) is 0 Å². The summed E-state index contributed by atoms with van der Waals surface area (Å²) in [6, 6.07) is 19.6. The molecule has 0 radical (unpaired) electrons. The maximum absolute atomic E-state index is 12.6. The third-order valence-corrected chi connectivity index (χ3v) is 4.40. The molecule has 0 saturated carbocycles. The van der Waals surface area contributed by atoms with Gasteiger partial charge in [0.05, 0.1) is 19.2 Å². The van der Waals surface area contributed by atoms with Gasteiger partial charge >= 0.3 is 0 Å². The minimum absolute atomic E-state index is 0.215. The van der Waals surface area contributed by atoms with Crippen molar-refractivity contribution in [1.29, 1.82) is 0 Å². The molecule has 1 N–H and O–H groups in total. The minimum atomic E-state index is -0.241. The summed E-state index contributed by atoms with van der Waals surface area (Å²) < 4.78 is 16.4. The lowest BCUT2D eigenvalue weighted by Crippen LogP contribution is -2.13. The second-order valence-electron chi connectivity index (χ2n) is 5.93. The van der Waals surface area contributed by atoms with Crippen LogP contribution in [0.1, 0.15) is 15.9 Å². The molecule has 0 bridgehead atoms. The molecule has 144 valence electrons. The van der Waals surface area contributed by atoms with E-state index in [1.54, 1.807) is 56.7 Å². The molecule has 3 rings (SSSR count). The zero-order valence-electron chi connectivity index (χ0n) is 15.6. The number of nitrogens with one attached hydrogen (secondary N) is 1. The van der Waals surface area contributed by atoms with E-state index in [2.05, 4.69) is 5.32 Å². The van der Waals surface area contributed by atoms with Gasteiger partial charge in [-0.05, 0) is 42.5 Å². The Morgan fingerprint density at radius 2 is 1.75 bits per heavy atom. The Morgan fingerprint density at radius 1 is 0.929 bits per heavy atom. The SMILES string of the molecule is COc1cccc(NC(=O)c2ccc(OC)c(COc3ccccc3Cl)c2)c1. The van der Waals surface area contributed by atoms with Crippen molar-refractivity contribution >= 4 is 23.2 Å². The van der Waals surface area contributed by atoms with Crippen molar-refractivity contribution in [2.75, 3.05) is 19.5 Å². The van der Waals surface area contributed by atoms with Gasteiger partial charge in [-0.1, -0.05) is 29.8 Å². The number of ether oxygens (including phenoxy) is 3. The van der Waals surface area contributed by atoms with Crippen LogP contribution >= 0.6 is 11.6 Å². The lowest BCUT2D eigenvalue weighted by Gasteiger charge is -2.13. The number of para-hydroxylation sites is 1. The van der Waals surface area contributed by atoms with Crippen molar-refractivity contribution < 1.29 is 19.0 Å². The third kappa shape index (κ3) is 4.75. The lowest BCUT2D eigenvalue weighted by molar-refractivity contribution is 0.102. The number of carbonyl (C=O) groups is 1. The summed E-state index contributed by atoms with van der Waals surface area (Å²) in [5.41, 5.74) is 1.87. The Morgan fingerprint density at radius 3 is 2.50 bits per heavy atom. The molecular weight excluding hydrogens is 378 g/mol. The zero-order valence-corrected chi connectivity index (χ0v) is 16.3. The van der Waals surface area contributed by atoms with Crippen molar-refractivity contribution in [2.45, 2.75) is 6.61 Å². The second kappa shape index (κ2) is 9.15. The fraction of sp³-hybridized carbons (Fsp3) is 0.136. The quantitative estimate of drug-likeness (QED) is 0.596. The molecule has 0 unspecified atom stereocenters. The van der Waals surface area contributed by atoms with E-state index in [1.807, 2.05) is 24.3 Å². The van der Waals surface area contributed by atoms with Crippen LogP contribution in [0.15, 0.2) is 66.7 Å². The molecule has 0 aliphatic carbocycles. The Kier molecular flexibility index (Phi) is 6.40. The van der Waals surface area contributed by atoms with Crippen LogP contribution in [-0.2, 0) is 6.61 Å². The highest BCUT2D eigenvalue weighted by atomic mass is 35.5. The number of carbonyl (C=O) groups excluding carboxylic acids is 1. The second-order valence-corrected chi connectivity index (χ2v) is 6.34. The molecule has 0 saturated heterocycles. The summed E-state index contributed by atoms with van der Waals surface area (Å²) in [7, 11) is 3.15. The minimum Gasteiger partial charge on any atom is -0.497 e. The Labute approximate surface area is 168 Å². The highest BCUT2D eigenvalue weighted by Gasteiger charge is 2.12. The first-order valence-electron chi connectivity index (χ1n) is 8.60. The van der Waals surface area contributed by atoms with Crippen molar-refractivity contribution in [3.8, 4) is 17.2 Å². The first-order valence-corrected chi connectivity index (χ1v) is 8.98. The van der Waals surface area contributed by atoms with Gasteiger partial charge in [0.25, 0.3) is 5.91 Å². The zero-order chi connectivity index (χ0) is 19.9. The number of benzene rings is 3. The molecule has 5 nitrogen and oxygen atoms in total. The average Bonchev–Trinajstić information content (AvgIpc) is 2.73. The van der Waals surface area contributed by atoms with E-state index >= 15 is 0 Å². The van der Waals surface area contributed by atoms with E-state index in [0.29, 0.717) is 33.5 Å². The molecule has 6 heteroatoms. The summed E-state index contributed by atoms with van der Waals surface area (Å²) in [6.07, 6.45) is 0. The largest absolute Gasteiger partial charge is 0.497 e. The monoisotopic (exact) mass is 397 g/mol. The standard InChI is InChI=1S/C22H20ClNO4/c1-26-18-7-5-6-17(13-18)24-22(25)15-10-11-20(27-2)16(12-15)14-28-21-9-4-3-8-19(21)23/h3-13H,14H2,1-2H3,(H,24,25). The van der Waals surface area contributed by atoms with Crippen molar-refractivity contribution in [3.05, 3.63) is 82.9 Å². The van der Waals surface area contributed by atoms with Crippen LogP contribution in [0.25, 0.3) is 0 Å². The van der Waals surface area contributed by atoms with E-state index in [4.69, 9.17) is 25.8 Å². The predicted molar refractivity (Wildman–Crippen MR) is 110 cm³/mol. The number of methoxy groups -OCH3 is 2. The Bertz CT molecular complexity index is 974. The molecule has 0 aliphatic rings. The molecule has 1 amide bonds. The number of hydrogen-bond acceptors (Lipinski definition) is 4. The first-order chi connectivity index (χ1) is 13.6. The molecular formula is C22H20ClNO4. The number of anilines is 1. The maximum Gasteiger partial charge on any atom is 0.255 e. The van der Waals surface area contributed by atoms with Gasteiger partial charge in [0, 0.05) is 22.9 Å². The van der Waals surface area contributed by atoms with E-state index in [1.165, 1.54) is 0 Å². The number of amides is 1. The number of halogens is 1. The molecule has 28 heavy (non-hydrogen) atoms. The molecule has 0 atom stereocenters. The van der Waals surface area contributed by atoms with Crippen LogP contribution in [0.3, 0.4) is 0 Å². The average molecular weight is 398 g/mol.